The SMILES string of the molecule is COc1cc(OC)c(C(Nc2ccc(C(=N)N)cc2)C(=O)NCc2ccccc2)cc1OC. The minimum atomic E-state index is -0.799. The molecule has 8 heteroatoms. The van der Waals surface area contributed by atoms with Crippen LogP contribution in [-0.2, 0) is 11.3 Å². The Bertz CT molecular complexity index is 1100. The summed E-state index contributed by atoms with van der Waals surface area (Å²) in [7, 11) is 4.60. The van der Waals surface area contributed by atoms with E-state index < -0.39 is 6.04 Å². The van der Waals surface area contributed by atoms with Gasteiger partial charge in [0.1, 0.15) is 17.6 Å². The highest BCUT2D eigenvalue weighted by Gasteiger charge is 2.26. The number of nitrogen functional groups attached to an aromatic ring is 1. The fraction of sp³-hybridized carbons (Fsp3) is 0.200. The number of nitrogens with one attached hydrogen (secondary N) is 3. The third-order valence-electron chi connectivity index (χ3n) is 5.13. The third-order valence-corrected chi connectivity index (χ3v) is 5.13. The Balaban J connectivity index is 1.97. The Kier molecular flexibility index (Phi) is 7.75. The Morgan fingerprint density at radius 1 is 0.909 bits per heavy atom. The molecular weight excluding hydrogens is 420 g/mol. The smallest absolute Gasteiger partial charge is 0.247 e. The van der Waals surface area contributed by atoms with Crippen LogP contribution >= 0.6 is 0 Å². The molecule has 0 aromatic heterocycles. The van der Waals surface area contributed by atoms with Crippen LogP contribution in [0.4, 0.5) is 5.69 Å². The molecule has 0 radical (unpaired) electrons. The van der Waals surface area contributed by atoms with Gasteiger partial charge in [-0.1, -0.05) is 30.3 Å². The fourth-order valence-electron chi connectivity index (χ4n) is 3.36. The Morgan fingerprint density at radius 3 is 2.09 bits per heavy atom. The van der Waals surface area contributed by atoms with E-state index in [2.05, 4.69) is 10.6 Å². The van der Waals surface area contributed by atoms with Crippen LogP contribution in [0.25, 0.3) is 0 Å². The number of methoxy groups -OCH3 is 3. The molecule has 3 aromatic rings. The molecule has 3 rings (SSSR count). The van der Waals surface area contributed by atoms with E-state index in [4.69, 9.17) is 25.4 Å². The molecule has 3 aromatic carbocycles. The molecule has 8 nitrogen and oxygen atoms in total. The number of anilines is 1. The van der Waals surface area contributed by atoms with Crippen molar-refractivity contribution in [2.45, 2.75) is 12.6 Å². The lowest BCUT2D eigenvalue weighted by molar-refractivity contribution is -0.122. The summed E-state index contributed by atoms with van der Waals surface area (Å²) in [4.78, 5) is 13.4. The van der Waals surface area contributed by atoms with Crippen molar-refractivity contribution < 1.29 is 19.0 Å². The summed E-state index contributed by atoms with van der Waals surface area (Å²) in [5.41, 5.74) is 8.38. The lowest BCUT2D eigenvalue weighted by atomic mass is 10.0. The van der Waals surface area contributed by atoms with E-state index in [1.54, 1.807) is 36.4 Å². The molecule has 0 saturated heterocycles. The minimum Gasteiger partial charge on any atom is -0.496 e. The largest absolute Gasteiger partial charge is 0.496 e. The molecular formula is C25H28N4O4. The van der Waals surface area contributed by atoms with Crippen LogP contribution in [0.3, 0.4) is 0 Å². The molecule has 33 heavy (non-hydrogen) atoms. The van der Waals surface area contributed by atoms with Gasteiger partial charge >= 0.3 is 0 Å². The maximum Gasteiger partial charge on any atom is 0.247 e. The molecule has 0 aliphatic heterocycles. The van der Waals surface area contributed by atoms with Gasteiger partial charge in [-0.05, 0) is 35.9 Å². The molecule has 5 N–H and O–H groups in total. The second-order valence-electron chi connectivity index (χ2n) is 7.22. The molecule has 0 aliphatic carbocycles. The summed E-state index contributed by atoms with van der Waals surface area (Å²) in [6, 6.07) is 19.2. The molecule has 1 atom stereocenters. The van der Waals surface area contributed by atoms with Gasteiger partial charge in [0.25, 0.3) is 0 Å². The summed E-state index contributed by atoms with van der Waals surface area (Å²) in [6.45, 7) is 0.372. The molecule has 0 saturated carbocycles. The van der Waals surface area contributed by atoms with Gasteiger partial charge in [-0.25, -0.2) is 0 Å². The predicted octanol–water partition coefficient (Wildman–Crippen LogP) is 3.47. The second-order valence-corrected chi connectivity index (χ2v) is 7.22. The van der Waals surface area contributed by atoms with Gasteiger partial charge < -0.3 is 30.6 Å². The zero-order valence-corrected chi connectivity index (χ0v) is 18.8. The first-order chi connectivity index (χ1) is 16.0. The van der Waals surface area contributed by atoms with E-state index in [-0.39, 0.29) is 11.7 Å². The van der Waals surface area contributed by atoms with Crippen molar-refractivity contribution >= 4 is 17.4 Å². The first-order valence-corrected chi connectivity index (χ1v) is 10.3. The Morgan fingerprint density at radius 2 is 1.52 bits per heavy atom. The van der Waals surface area contributed by atoms with E-state index >= 15 is 0 Å². The van der Waals surface area contributed by atoms with E-state index in [0.717, 1.165) is 5.56 Å². The summed E-state index contributed by atoms with van der Waals surface area (Å²) >= 11 is 0. The number of carbonyl (C=O) groups excluding carboxylic acids is 1. The highest BCUT2D eigenvalue weighted by Crippen LogP contribution is 2.38. The van der Waals surface area contributed by atoms with Crippen LogP contribution in [0.5, 0.6) is 17.2 Å². The van der Waals surface area contributed by atoms with Gasteiger partial charge in [0, 0.05) is 29.4 Å². The molecule has 0 spiro atoms. The van der Waals surface area contributed by atoms with Crippen molar-refractivity contribution in [3.8, 4) is 17.2 Å². The molecule has 0 heterocycles. The highest BCUT2D eigenvalue weighted by molar-refractivity contribution is 5.95. The Labute approximate surface area is 193 Å². The lowest BCUT2D eigenvalue weighted by Gasteiger charge is -2.23. The van der Waals surface area contributed by atoms with Crippen LogP contribution in [0.1, 0.15) is 22.7 Å². The van der Waals surface area contributed by atoms with Crippen LogP contribution in [-0.4, -0.2) is 33.1 Å². The number of hydrogen-bond donors (Lipinski definition) is 4. The standard InChI is InChI=1S/C25H28N4O4/c1-31-20-14-22(33-3)21(32-2)13-19(20)23(25(30)28-15-16-7-5-4-6-8-16)29-18-11-9-17(10-12-18)24(26)27/h4-14,23,29H,15H2,1-3H3,(H3,26,27)(H,28,30). The lowest BCUT2D eigenvalue weighted by Crippen LogP contribution is -2.33. The number of ether oxygens (including phenoxy) is 3. The summed E-state index contributed by atoms with van der Waals surface area (Å²) < 4.78 is 16.4. The molecule has 172 valence electrons. The number of amidine groups is 1. The third kappa shape index (κ3) is 5.74. The quantitative estimate of drug-likeness (QED) is 0.279. The number of amides is 1. The fourth-order valence-corrected chi connectivity index (χ4v) is 3.36. The van der Waals surface area contributed by atoms with E-state index in [0.29, 0.717) is 40.6 Å². The van der Waals surface area contributed by atoms with Crippen molar-refractivity contribution in [3.63, 3.8) is 0 Å². The van der Waals surface area contributed by atoms with Crippen LogP contribution in [0.15, 0.2) is 66.7 Å². The molecule has 0 fully saturated rings. The zero-order chi connectivity index (χ0) is 23.8. The van der Waals surface area contributed by atoms with Crippen molar-refractivity contribution in [2.75, 3.05) is 26.6 Å². The second kappa shape index (κ2) is 10.9. The normalized spacial score (nSPS) is 11.2. The minimum absolute atomic E-state index is 0.0275. The number of nitrogens with two attached hydrogens (primary N) is 1. The number of rotatable bonds is 10. The van der Waals surface area contributed by atoms with Gasteiger partial charge in [0.15, 0.2) is 11.5 Å². The average Bonchev–Trinajstić information content (AvgIpc) is 2.85. The Hall–Kier alpha value is -4.20. The molecule has 1 unspecified atom stereocenters. The highest BCUT2D eigenvalue weighted by atomic mass is 16.5. The monoisotopic (exact) mass is 448 g/mol. The molecule has 0 bridgehead atoms. The van der Waals surface area contributed by atoms with E-state index in [1.165, 1.54) is 21.3 Å². The van der Waals surface area contributed by atoms with Crippen molar-refractivity contribution in [2.24, 2.45) is 5.73 Å². The molecule has 1 amide bonds. The zero-order valence-electron chi connectivity index (χ0n) is 18.8. The number of benzene rings is 3. The summed E-state index contributed by atoms with van der Waals surface area (Å²) in [5.74, 6) is 1.16. The molecule has 0 aliphatic rings. The van der Waals surface area contributed by atoms with Crippen molar-refractivity contribution in [1.29, 1.82) is 5.41 Å². The first kappa shape index (κ1) is 23.5. The number of carbonyl (C=O) groups is 1. The van der Waals surface area contributed by atoms with Crippen LogP contribution < -0.4 is 30.6 Å². The first-order valence-electron chi connectivity index (χ1n) is 10.3. The van der Waals surface area contributed by atoms with Crippen LogP contribution in [0, 0.1) is 5.41 Å². The van der Waals surface area contributed by atoms with Gasteiger partial charge in [-0.3, -0.25) is 10.2 Å². The van der Waals surface area contributed by atoms with Gasteiger partial charge in [0.2, 0.25) is 5.91 Å². The van der Waals surface area contributed by atoms with Gasteiger partial charge in [-0.15, -0.1) is 0 Å². The van der Waals surface area contributed by atoms with E-state index in [1.807, 2.05) is 30.3 Å². The van der Waals surface area contributed by atoms with Gasteiger partial charge in [-0.2, -0.15) is 0 Å². The van der Waals surface area contributed by atoms with Crippen molar-refractivity contribution in [3.05, 3.63) is 83.4 Å². The maximum atomic E-state index is 13.4. The van der Waals surface area contributed by atoms with Crippen LogP contribution in [0.2, 0.25) is 0 Å². The van der Waals surface area contributed by atoms with Gasteiger partial charge in [0.05, 0.1) is 21.3 Å². The maximum absolute atomic E-state index is 13.4. The van der Waals surface area contributed by atoms with Crippen molar-refractivity contribution in [1.82, 2.24) is 5.32 Å². The number of hydrogen-bond acceptors (Lipinski definition) is 6. The summed E-state index contributed by atoms with van der Waals surface area (Å²) in [6.07, 6.45) is 0. The summed E-state index contributed by atoms with van der Waals surface area (Å²) in [5, 5.41) is 13.8. The average molecular weight is 449 g/mol. The topological polar surface area (TPSA) is 119 Å². The predicted molar refractivity (Wildman–Crippen MR) is 128 cm³/mol. The van der Waals surface area contributed by atoms with E-state index in [9.17, 15) is 4.79 Å².